The fourth-order valence-electron chi connectivity index (χ4n) is 1.77. The first-order valence-electron chi connectivity index (χ1n) is 5.94. The number of halogens is 2. The zero-order valence-corrected chi connectivity index (χ0v) is 9.79. The number of aliphatic hydroxyl groups excluding tert-OH is 1. The topological polar surface area (TPSA) is 32.3 Å². The average Bonchev–Trinajstić information content (AvgIpc) is 3.12. The van der Waals surface area contributed by atoms with Crippen molar-refractivity contribution in [1.82, 2.24) is 5.32 Å². The summed E-state index contributed by atoms with van der Waals surface area (Å²) in [6.07, 6.45) is 1.66. The average molecular weight is 241 g/mol. The third kappa shape index (κ3) is 3.23. The van der Waals surface area contributed by atoms with E-state index in [1.165, 1.54) is 18.9 Å². The van der Waals surface area contributed by atoms with E-state index in [0.29, 0.717) is 5.56 Å². The van der Waals surface area contributed by atoms with E-state index in [-0.39, 0.29) is 6.04 Å². The highest BCUT2D eigenvalue weighted by atomic mass is 19.2. The zero-order valence-electron chi connectivity index (χ0n) is 9.79. The number of hydrogen-bond acceptors (Lipinski definition) is 2. The number of hydrogen-bond donors (Lipinski definition) is 2. The minimum atomic E-state index is -0.920. The van der Waals surface area contributed by atoms with Gasteiger partial charge >= 0.3 is 0 Å². The van der Waals surface area contributed by atoms with Gasteiger partial charge in [0.1, 0.15) is 0 Å². The molecule has 0 saturated heterocycles. The van der Waals surface area contributed by atoms with Crippen LogP contribution in [0.3, 0.4) is 0 Å². The lowest BCUT2D eigenvalue weighted by atomic mass is 10.0. The van der Waals surface area contributed by atoms with Crippen molar-refractivity contribution in [1.29, 1.82) is 0 Å². The highest BCUT2D eigenvalue weighted by Crippen LogP contribution is 2.28. The predicted molar refractivity (Wildman–Crippen MR) is 61.5 cm³/mol. The molecular formula is C13H17F2NO. The van der Waals surface area contributed by atoms with Gasteiger partial charge in [-0.3, -0.25) is 0 Å². The Morgan fingerprint density at radius 3 is 2.65 bits per heavy atom. The second-order valence-electron chi connectivity index (χ2n) is 4.76. The van der Waals surface area contributed by atoms with Gasteiger partial charge in [-0.2, -0.15) is 0 Å². The molecule has 2 atom stereocenters. The standard InChI is InChI=1S/C13H17F2NO/c1-8(16-7-9-2-3-9)13(17)10-4-5-11(14)12(15)6-10/h4-6,8-9,13,16-17H,2-3,7H2,1H3. The molecule has 2 N–H and O–H groups in total. The molecule has 0 aromatic heterocycles. The minimum Gasteiger partial charge on any atom is -0.387 e. The quantitative estimate of drug-likeness (QED) is 0.829. The van der Waals surface area contributed by atoms with Gasteiger partial charge in [0.15, 0.2) is 11.6 Å². The zero-order chi connectivity index (χ0) is 12.4. The summed E-state index contributed by atoms with van der Waals surface area (Å²) in [5.74, 6) is -1.09. The molecule has 0 amide bonds. The van der Waals surface area contributed by atoms with Gasteiger partial charge in [0.25, 0.3) is 0 Å². The van der Waals surface area contributed by atoms with E-state index in [9.17, 15) is 13.9 Å². The van der Waals surface area contributed by atoms with Gasteiger partial charge in [0.05, 0.1) is 6.10 Å². The summed E-state index contributed by atoms with van der Waals surface area (Å²) in [4.78, 5) is 0. The summed E-state index contributed by atoms with van der Waals surface area (Å²) in [6.45, 7) is 2.72. The lowest BCUT2D eigenvalue weighted by molar-refractivity contribution is 0.135. The molecule has 2 unspecified atom stereocenters. The fraction of sp³-hybridized carbons (Fsp3) is 0.538. The molecule has 0 radical (unpaired) electrons. The van der Waals surface area contributed by atoms with E-state index < -0.39 is 17.7 Å². The van der Waals surface area contributed by atoms with Crippen LogP contribution in [0, 0.1) is 17.6 Å². The molecule has 2 rings (SSSR count). The summed E-state index contributed by atoms with van der Waals surface area (Å²) in [7, 11) is 0. The summed E-state index contributed by atoms with van der Waals surface area (Å²) >= 11 is 0. The van der Waals surface area contributed by atoms with Gasteiger partial charge in [0, 0.05) is 6.04 Å². The monoisotopic (exact) mass is 241 g/mol. The molecule has 1 fully saturated rings. The van der Waals surface area contributed by atoms with Gasteiger partial charge in [-0.1, -0.05) is 6.07 Å². The van der Waals surface area contributed by atoms with Crippen LogP contribution in [0.4, 0.5) is 8.78 Å². The number of aliphatic hydroxyl groups is 1. The van der Waals surface area contributed by atoms with Crippen LogP contribution >= 0.6 is 0 Å². The van der Waals surface area contributed by atoms with Gasteiger partial charge in [-0.05, 0) is 49.9 Å². The Hall–Kier alpha value is -1.00. The first-order chi connectivity index (χ1) is 8.08. The molecule has 0 aliphatic heterocycles. The SMILES string of the molecule is CC(NCC1CC1)C(O)c1ccc(F)c(F)c1. The van der Waals surface area contributed by atoms with Crippen LogP contribution in [0.5, 0.6) is 0 Å². The molecule has 2 nitrogen and oxygen atoms in total. The summed E-state index contributed by atoms with van der Waals surface area (Å²) < 4.78 is 25.8. The Morgan fingerprint density at radius 2 is 2.06 bits per heavy atom. The molecule has 0 bridgehead atoms. The van der Waals surface area contributed by atoms with E-state index in [0.717, 1.165) is 24.6 Å². The third-order valence-electron chi connectivity index (χ3n) is 3.18. The van der Waals surface area contributed by atoms with E-state index in [2.05, 4.69) is 5.32 Å². The van der Waals surface area contributed by atoms with Crippen LogP contribution in [-0.2, 0) is 0 Å². The van der Waals surface area contributed by atoms with Crippen molar-refractivity contribution in [3.8, 4) is 0 Å². The Morgan fingerprint density at radius 1 is 1.35 bits per heavy atom. The Kier molecular flexibility index (Phi) is 3.74. The highest BCUT2D eigenvalue weighted by Gasteiger charge is 2.24. The molecule has 94 valence electrons. The van der Waals surface area contributed by atoms with Crippen molar-refractivity contribution in [2.45, 2.75) is 31.9 Å². The first-order valence-corrected chi connectivity index (χ1v) is 5.94. The van der Waals surface area contributed by atoms with Crippen molar-refractivity contribution in [2.24, 2.45) is 5.92 Å². The van der Waals surface area contributed by atoms with Crippen LogP contribution < -0.4 is 5.32 Å². The van der Waals surface area contributed by atoms with E-state index >= 15 is 0 Å². The Balaban J connectivity index is 1.96. The molecule has 4 heteroatoms. The van der Waals surface area contributed by atoms with Gasteiger partial charge in [-0.15, -0.1) is 0 Å². The normalized spacial score (nSPS) is 19.1. The van der Waals surface area contributed by atoms with Crippen molar-refractivity contribution < 1.29 is 13.9 Å². The van der Waals surface area contributed by atoms with Crippen LogP contribution in [-0.4, -0.2) is 17.7 Å². The van der Waals surface area contributed by atoms with Crippen LogP contribution in [0.25, 0.3) is 0 Å². The number of rotatable bonds is 5. The van der Waals surface area contributed by atoms with E-state index in [4.69, 9.17) is 0 Å². The third-order valence-corrected chi connectivity index (χ3v) is 3.18. The minimum absolute atomic E-state index is 0.166. The Bertz CT molecular complexity index is 393. The lowest BCUT2D eigenvalue weighted by Gasteiger charge is -2.20. The van der Waals surface area contributed by atoms with Crippen LogP contribution in [0.15, 0.2) is 18.2 Å². The summed E-state index contributed by atoms with van der Waals surface area (Å²) in [5, 5.41) is 13.2. The van der Waals surface area contributed by atoms with Crippen LogP contribution in [0.2, 0.25) is 0 Å². The van der Waals surface area contributed by atoms with E-state index in [1.807, 2.05) is 6.92 Å². The fourth-order valence-corrected chi connectivity index (χ4v) is 1.77. The van der Waals surface area contributed by atoms with Gasteiger partial charge in [0.2, 0.25) is 0 Å². The smallest absolute Gasteiger partial charge is 0.159 e. The maximum Gasteiger partial charge on any atom is 0.159 e. The van der Waals surface area contributed by atoms with Crippen molar-refractivity contribution in [2.75, 3.05) is 6.54 Å². The highest BCUT2D eigenvalue weighted by molar-refractivity contribution is 5.21. The van der Waals surface area contributed by atoms with Gasteiger partial charge in [-0.25, -0.2) is 8.78 Å². The van der Waals surface area contributed by atoms with Crippen LogP contribution in [0.1, 0.15) is 31.4 Å². The van der Waals surface area contributed by atoms with Crippen molar-refractivity contribution in [3.05, 3.63) is 35.4 Å². The largest absolute Gasteiger partial charge is 0.387 e. The lowest BCUT2D eigenvalue weighted by Crippen LogP contribution is -2.33. The predicted octanol–water partition coefficient (Wildman–Crippen LogP) is 2.39. The molecule has 1 aromatic carbocycles. The maximum absolute atomic E-state index is 13.0. The second kappa shape index (κ2) is 5.10. The molecule has 17 heavy (non-hydrogen) atoms. The van der Waals surface area contributed by atoms with Gasteiger partial charge < -0.3 is 10.4 Å². The molecule has 0 spiro atoms. The molecular weight excluding hydrogens is 224 g/mol. The molecule has 1 saturated carbocycles. The maximum atomic E-state index is 13.0. The van der Waals surface area contributed by atoms with Crippen molar-refractivity contribution in [3.63, 3.8) is 0 Å². The first kappa shape index (κ1) is 12.5. The Labute approximate surface area is 99.7 Å². The summed E-state index contributed by atoms with van der Waals surface area (Å²) in [6, 6.07) is 3.34. The summed E-state index contributed by atoms with van der Waals surface area (Å²) in [5.41, 5.74) is 0.402. The molecule has 1 aliphatic carbocycles. The molecule has 0 heterocycles. The number of nitrogens with one attached hydrogen (secondary N) is 1. The molecule has 1 aliphatic rings. The molecule has 1 aromatic rings. The van der Waals surface area contributed by atoms with Crippen molar-refractivity contribution >= 4 is 0 Å². The second-order valence-corrected chi connectivity index (χ2v) is 4.76. The number of benzene rings is 1. The van der Waals surface area contributed by atoms with E-state index in [1.54, 1.807) is 0 Å².